The van der Waals surface area contributed by atoms with Crippen molar-refractivity contribution in [2.45, 2.75) is 13.0 Å². The number of piperazine rings is 1. The summed E-state index contributed by atoms with van der Waals surface area (Å²) in [5, 5.41) is 7.55. The molecule has 2 nitrogen and oxygen atoms in total. The van der Waals surface area contributed by atoms with Crippen molar-refractivity contribution >= 4 is 39.7 Å². The van der Waals surface area contributed by atoms with E-state index in [4.69, 9.17) is 0 Å². The molecule has 1 aromatic carbocycles. The number of hydrogen-bond acceptors (Lipinski definition) is 3. The maximum Gasteiger partial charge on any atom is 0.131 e. The number of rotatable bonds is 3. The van der Waals surface area contributed by atoms with Gasteiger partial charge in [0.15, 0.2) is 0 Å². The smallest absolute Gasteiger partial charge is 0.131 e. The van der Waals surface area contributed by atoms with E-state index in [9.17, 15) is 4.39 Å². The molecule has 1 saturated heterocycles. The monoisotopic (exact) mass is 404 g/mol. The molecule has 0 unspecified atom stereocenters. The van der Waals surface area contributed by atoms with Gasteiger partial charge in [-0.3, -0.25) is 4.90 Å². The third-order valence-corrected chi connectivity index (χ3v) is 5.08. The number of hydrogen-bond donors (Lipinski definition) is 1. The summed E-state index contributed by atoms with van der Waals surface area (Å²) in [4.78, 5) is 2.36. The van der Waals surface area contributed by atoms with E-state index >= 15 is 0 Å². The van der Waals surface area contributed by atoms with Crippen LogP contribution in [0.4, 0.5) is 4.39 Å². The minimum atomic E-state index is -0.0899. The van der Waals surface area contributed by atoms with Gasteiger partial charge in [-0.2, -0.15) is 11.3 Å². The standard InChI is InChI=1S/C16H18BrFN2S.ClH/c1-11-8-13(17)9-14(15(11)18)16(12-2-7-21-10-12)20-5-3-19-4-6-20;/h2,7-10,16,19H,3-6H2,1H3;1H/t16-;/m0./s1. The molecule has 3 rings (SSSR count). The van der Waals surface area contributed by atoms with Crippen LogP contribution in [0.1, 0.15) is 22.7 Å². The molecule has 120 valence electrons. The Hall–Kier alpha value is -0.460. The van der Waals surface area contributed by atoms with Gasteiger partial charge in [0.2, 0.25) is 0 Å². The van der Waals surface area contributed by atoms with Gasteiger partial charge in [0.25, 0.3) is 0 Å². The third kappa shape index (κ3) is 3.71. The quantitative estimate of drug-likeness (QED) is 0.815. The van der Waals surface area contributed by atoms with Gasteiger partial charge in [0, 0.05) is 36.2 Å². The summed E-state index contributed by atoms with van der Waals surface area (Å²) in [5.41, 5.74) is 2.63. The van der Waals surface area contributed by atoms with Gasteiger partial charge in [-0.15, -0.1) is 12.4 Å². The molecule has 0 radical (unpaired) electrons. The number of benzene rings is 1. The number of halogens is 3. The fourth-order valence-corrected chi connectivity index (χ4v) is 4.18. The Balaban J connectivity index is 0.00000176. The van der Waals surface area contributed by atoms with Gasteiger partial charge in [-0.05, 0) is 47.0 Å². The Labute approximate surface area is 149 Å². The topological polar surface area (TPSA) is 15.3 Å². The van der Waals surface area contributed by atoms with E-state index in [0.29, 0.717) is 5.56 Å². The Morgan fingerprint density at radius 1 is 1.32 bits per heavy atom. The lowest BCUT2D eigenvalue weighted by Gasteiger charge is -2.35. The second kappa shape index (κ2) is 7.88. The molecule has 1 aliphatic heterocycles. The molecule has 0 saturated carbocycles. The highest BCUT2D eigenvalue weighted by Crippen LogP contribution is 2.34. The van der Waals surface area contributed by atoms with Gasteiger partial charge in [0.05, 0.1) is 6.04 Å². The van der Waals surface area contributed by atoms with E-state index in [0.717, 1.165) is 36.2 Å². The van der Waals surface area contributed by atoms with E-state index in [1.54, 1.807) is 11.3 Å². The van der Waals surface area contributed by atoms with Crippen LogP contribution >= 0.6 is 39.7 Å². The maximum atomic E-state index is 14.7. The Morgan fingerprint density at radius 3 is 2.68 bits per heavy atom. The minimum absolute atomic E-state index is 0. The molecule has 2 aromatic rings. The van der Waals surface area contributed by atoms with Gasteiger partial charge < -0.3 is 5.32 Å². The van der Waals surface area contributed by atoms with Crippen LogP contribution in [-0.2, 0) is 0 Å². The van der Waals surface area contributed by atoms with Crippen LogP contribution < -0.4 is 5.32 Å². The van der Waals surface area contributed by atoms with Crippen LogP contribution in [0.5, 0.6) is 0 Å². The largest absolute Gasteiger partial charge is 0.314 e. The molecule has 0 bridgehead atoms. The molecule has 1 aromatic heterocycles. The minimum Gasteiger partial charge on any atom is -0.314 e. The molecule has 0 amide bonds. The fraction of sp³-hybridized carbons (Fsp3) is 0.375. The van der Waals surface area contributed by atoms with Crippen molar-refractivity contribution in [1.29, 1.82) is 0 Å². The molecule has 0 aliphatic carbocycles. The van der Waals surface area contributed by atoms with Crippen LogP contribution in [-0.4, -0.2) is 31.1 Å². The normalized spacial score (nSPS) is 17.0. The van der Waals surface area contributed by atoms with Gasteiger partial charge >= 0.3 is 0 Å². The summed E-state index contributed by atoms with van der Waals surface area (Å²) in [6.07, 6.45) is 0. The lowest BCUT2D eigenvalue weighted by Crippen LogP contribution is -2.45. The lowest BCUT2D eigenvalue weighted by atomic mass is 9.96. The highest BCUT2D eigenvalue weighted by molar-refractivity contribution is 9.10. The first-order valence-corrected chi connectivity index (χ1v) is 8.83. The maximum absolute atomic E-state index is 14.7. The van der Waals surface area contributed by atoms with E-state index < -0.39 is 0 Å². The summed E-state index contributed by atoms with van der Waals surface area (Å²) in [5.74, 6) is -0.0899. The Kier molecular flexibility index (Phi) is 6.41. The van der Waals surface area contributed by atoms with Crippen LogP contribution in [0, 0.1) is 12.7 Å². The van der Waals surface area contributed by atoms with Crippen LogP contribution in [0.25, 0.3) is 0 Å². The van der Waals surface area contributed by atoms with Crippen LogP contribution in [0.3, 0.4) is 0 Å². The molecular formula is C16H19BrClFN2S. The first-order chi connectivity index (χ1) is 10.2. The second-order valence-electron chi connectivity index (χ2n) is 5.37. The molecular weight excluding hydrogens is 387 g/mol. The third-order valence-electron chi connectivity index (χ3n) is 3.92. The predicted molar refractivity (Wildman–Crippen MR) is 96.7 cm³/mol. The van der Waals surface area contributed by atoms with Crippen LogP contribution in [0.2, 0.25) is 0 Å². The van der Waals surface area contributed by atoms with Crippen molar-refractivity contribution in [2.75, 3.05) is 26.2 Å². The summed E-state index contributed by atoms with van der Waals surface area (Å²) in [7, 11) is 0. The van der Waals surface area contributed by atoms with Crippen LogP contribution in [0.15, 0.2) is 33.4 Å². The second-order valence-corrected chi connectivity index (χ2v) is 7.07. The van der Waals surface area contributed by atoms with Crippen molar-refractivity contribution in [3.8, 4) is 0 Å². The fourth-order valence-electron chi connectivity index (χ4n) is 2.91. The molecule has 1 aliphatic rings. The number of nitrogens with one attached hydrogen (secondary N) is 1. The highest BCUT2D eigenvalue weighted by atomic mass is 79.9. The van der Waals surface area contributed by atoms with Gasteiger partial charge in [0.1, 0.15) is 5.82 Å². The van der Waals surface area contributed by atoms with E-state index in [2.05, 4.69) is 43.0 Å². The average molecular weight is 406 g/mol. The molecule has 1 N–H and O–H groups in total. The van der Waals surface area contributed by atoms with E-state index in [-0.39, 0.29) is 24.3 Å². The van der Waals surface area contributed by atoms with Crippen molar-refractivity contribution in [1.82, 2.24) is 10.2 Å². The van der Waals surface area contributed by atoms with E-state index in [1.807, 2.05) is 19.1 Å². The highest BCUT2D eigenvalue weighted by Gasteiger charge is 2.27. The van der Waals surface area contributed by atoms with Crippen molar-refractivity contribution in [3.05, 3.63) is 55.9 Å². The van der Waals surface area contributed by atoms with Gasteiger partial charge in [-0.25, -0.2) is 4.39 Å². The molecule has 0 spiro atoms. The van der Waals surface area contributed by atoms with E-state index in [1.165, 1.54) is 5.56 Å². The Bertz CT molecular complexity index is 615. The van der Waals surface area contributed by atoms with Crippen molar-refractivity contribution in [2.24, 2.45) is 0 Å². The molecule has 1 fully saturated rings. The molecule has 22 heavy (non-hydrogen) atoms. The molecule has 6 heteroatoms. The molecule has 1 atom stereocenters. The molecule has 2 heterocycles. The summed E-state index contributed by atoms with van der Waals surface area (Å²) >= 11 is 5.17. The Morgan fingerprint density at radius 2 is 2.05 bits per heavy atom. The lowest BCUT2D eigenvalue weighted by molar-refractivity contribution is 0.195. The summed E-state index contributed by atoms with van der Waals surface area (Å²) in [6.45, 7) is 5.60. The predicted octanol–water partition coefficient (Wildman–Crippen LogP) is 4.37. The van der Waals surface area contributed by atoms with Gasteiger partial charge in [-0.1, -0.05) is 15.9 Å². The SMILES string of the molecule is Cc1cc(Br)cc([C@H](c2ccsc2)N2CCNCC2)c1F.Cl. The number of aryl methyl sites for hydroxylation is 1. The number of nitrogens with zero attached hydrogens (tertiary/aromatic N) is 1. The van der Waals surface area contributed by atoms with Crippen molar-refractivity contribution in [3.63, 3.8) is 0 Å². The zero-order valence-electron chi connectivity index (χ0n) is 12.3. The zero-order valence-corrected chi connectivity index (χ0v) is 15.5. The van der Waals surface area contributed by atoms with Crippen molar-refractivity contribution < 1.29 is 4.39 Å². The first-order valence-electron chi connectivity index (χ1n) is 7.09. The summed E-state index contributed by atoms with van der Waals surface area (Å²) < 4.78 is 15.7. The average Bonchev–Trinajstić information content (AvgIpc) is 2.99. The first kappa shape index (κ1) is 17.9. The number of thiophene rings is 1. The summed E-state index contributed by atoms with van der Waals surface area (Å²) in [6, 6.07) is 5.86. The zero-order chi connectivity index (χ0) is 14.8.